The lowest BCUT2D eigenvalue weighted by atomic mass is 10.2. The minimum Gasteiger partial charge on any atom is -0.319 e. The summed E-state index contributed by atoms with van der Waals surface area (Å²) in [5.74, 6) is 1.19. The van der Waals surface area contributed by atoms with Crippen molar-refractivity contribution in [1.29, 1.82) is 0 Å². The van der Waals surface area contributed by atoms with Crippen molar-refractivity contribution in [3.8, 4) is 0 Å². The van der Waals surface area contributed by atoms with Crippen LogP contribution in [0.4, 0.5) is 0 Å². The largest absolute Gasteiger partial charge is 0.319 e. The third kappa shape index (κ3) is 4.84. The summed E-state index contributed by atoms with van der Waals surface area (Å²) in [5, 5.41) is 4.17. The first-order valence-electron chi connectivity index (χ1n) is 9.74. The van der Waals surface area contributed by atoms with Gasteiger partial charge in [0.05, 0.1) is 26.6 Å². The number of imidazole rings is 1. The van der Waals surface area contributed by atoms with E-state index in [2.05, 4.69) is 30.7 Å². The van der Waals surface area contributed by atoms with E-state index >= 15 is 0 Å². The molecule has 29 heavy (non-hydrogen) atoms. The van der Waals surface area contributed by atoms with Crippen molar-refractivity contribution in [3.05, 3.63) is 34.3 Å². The lowest BCUT2D eigenvalue weighted by molar-refractivity contribution is 0.521. The smallest absolute Gasteiger partial charge is 0.242 e. The zero-order valence-corrected chi connectivity index (χ0v) is 20.0. The molecule has 3 rings (SSSR count). The first kappa shape index (κ1) is 22.3. The number of aromatic nitrogens is 3. The number of benzene rings is 1. The lowest BCUT2D eigenvalue weighted by Crippen LogP contribution is -2.22. The molecule has 0 saturated carbocycles. The van der Waals surface area contributed by atoms with Crippen LogP contribution in [0.15, 0.2) is 33.6 Å². The van der Waals surface area contributed by atoms with Gasteiger partial charge in [-0.25, -0.2) is 22.7 Å². The fraction of sp³-hybridized carbons (Fsp3) is 0.500. The summed E-state index contributed by atoms with van der Waals surface area (Å²) in [6, 6.07) is 5.22. The fourth-order valence-corrected chi connectivity index (χ4v) is 5.69. The van der Waals surface area contributed by atoms with Crippen LogP contribution in [0.2, 0.25) is 0 Å². The summed E-state index contributed by atoms with van der Waals surface area (Å²) >= 11 is 3.36. The summed E-state index contributed by atoms with van der Waals surface area (Å²) in [6.45, 7) is 7.33. The maximum absolute atomic E-state index is 12.5. The van der Waals surface area contributed by atoms with Gasteiger partial charge in [-0.15, -0.1) is 11.3 Å². The molecule has 0 atom stereocenters. The predicted octanol–water partition coefficient (Wildman–Crippen LogP) is 4.96. The Bertz CT molecular complexity index is 1080. The van der Waals surface area contributed by atoms with Crippen LogP contribution in [0.5, 0.6) is 0 Å². The van der Waals surface area contributed by atoms with E-state index in [-0.39, 0.29) is 4.90 Å². The minimum absolute atomic E-state index is 0.271. The van der Waals surface area contributed by atoms with E-state index in [1.807, 2.05) is 6.07 Å². The number of sulfonamides is 1. The number of thioether (sulfide) groups is 1. The molecule has 0 bridgehead atoms. The van der Waals surface area contributed by atoms with E-state index in [4.69, 9.17) is 9.97 Å². The second-order valence-corrected chi connectivity index (χ2v) is 11.4. The molecule has 0 amide bonds. The van der Waals surface area contributed by atoms with Gasteiger partial charge in [-0.2, -0.15) is 0 Å². The molecule has 0 unspecified atom stereocenters. The number of fused-ring (bicyclic) bond motifs is 1. The highest BCUT2D eigenvalue weighted by Gasteiger charge is 2.20. The molecular weight excluding hydrogens is 424 g/mol. The lowest BCUT2D eigenvalue weighted by Gasteiger charge is -2.11. The molecule has 0 radical (unpaired) electrons. The molecule has 9 heteroatoms. The number of rotatable bonds is 9. The molecule has 0 fully saturated rings. The molecule has 158 valence electrons. The summed E-state index contributed by atoms with van der Waals surface area (Å²) in [4.78, 5) is 9.76. The zero-order valence-electron chi connectivity index (χ0n) is 17.5. The quantitative estimate of drug-likeness (QED) is 0.429. The van der Waals surface area contributed by atoms with Gasteiger partial charge in [0, 0.05) is 37.7 Å². The van der Waals surface area contributed by atoms with Gasteiger partial charge >= 0.3 is 0 Å². The molecule has 0 saturated heterocycles. The second-order valence-electron chi connectivity index (χ2n) is 7.46. The maximum atomic E-state index is 12.5. The zero-order chi connectivity index (χ0) is 21.2. The van der Waals surface area contributed by atoms with Crippen LogP contribution in [-0.2, 0) is 22.3 Å². The van der Waals surface area contributed by atoms with Gasteiger partial charge in [-0.05, 0) is 24.6 Å². The van der Waals surface area contributed by atoms with E-state index in [0.29, 0.717) is 11.4 Å². The highest BCUT2D eigenvalue weighted by Crippen LogP contribution is 2.30. The topological polar surface area (TPSA) is 68.1 Å². The second kappa shape index (κ2) is 9.16. The number of hydrogen-bond donors (Lipinski definition) is 0. The molecule has 2 heterocycles. The Morgan fingerprint density at radius 1 is 1.24 bits per heavy atom. The van der Waals surface area contributed by atoms with E-state index in [9.17, 15) is 8.42 Å². The Labute approximate surface area is 181 Å². The van der Waals surface area contributed by atoms with Gasteiger partial charge in [-0.3, -0.25) is 0 Å². The van der Waals surface area contributed by atoms with Crippen molar-refractivity contribution < 1.29 is 8.42 Å². The van der Waals surface area contributed by atoms with Gasteiger partial charge in [0.25, 0.3) is 0 Å². The van der Waals surface area contributed by atoms with Crippen LogP contribution >= 0.6 is 23.1 Å². The fourth-order valence-electron chi connectivity index (χ4n) is 2.89. The van der Waals surface area contributed by atoms with Crippen molar-refractivity contribution in [2.75, 3.05) is 14.1 Å². The third-order valence-electron chi connectivity index (χ3n) is 4.61. The minimum atomic E-state index is -3.48. The van der Waals surface area contributed by atoms with Crippen molar-refractivity contribution in [2.45, 2.75) is 61.9 Å². The average Bonchev–Trinajstić information content (AvgIpc) is 3.28. The van der Waals surface area contributed by atoms with Gasteiger partial charge in [0.15, 0.2) is 5.16 Å². The van der Waals surface area contributed by atoms with Gasteiger partial charge in [-0.1, -0.05) is 39.0 Å². The molecule has 6 nitrogen and oxygen atoms in total. The van der Waals surface area contributed by atoms with Crippen molar-refractivity contribution in [3.63, 3.8) is 0 Å². The summed E-state index contributed by atoms with van der Waals surface area (Å²) < 4.78 is 28.4. The molecule has 0 aliphatic carbocycles. The van der Waals surface area contributed by atoms with E-state index < -0.39 is 10.0 Å². The number of aryl methyl sites for hydroxylation is 1. The van der Waals surface area contributed by atoms with Gasteiger partial charge < -0.3 is 4.57 Å². The molecular formula is C20H28N4O2S3. The van der Waals surface area contributed by atoms with Gasteiger partial charge in [0.2, 0.25) is 10.0 Å². The van der Waals surface area contributed by atoms with Crippen LogP contribution in [-0.4, -0.2) is 41.4 Å². The van der Waals surface area contributed by atoms with E-state index in [1.165, 1.54) is 4.31 Å². The summed E-state index contributed by atoms with van der Waals surface area (Å²) in [7, 11) is -0.398. The predicted molar refractivity (Wildman–Crippen MR) is 121 cm³/mol. The third-order valence-corrected chi connectivity index (χ3v) is 8.63. The molecule has 0 spiro atoms. The number of nitrogens with zero attached hydrogens (tertiary/aromatic N) is 4. The van der Waals surface area contributed by atoms with E-state index in [1.54, 1.807) is 49.3 Å². The monoisotopic (exact) mass is 452 g/mol. The first-order chi connectivity index (χ1) is 13.7. The van der Waals surface area contributed by atoms with Crippen LogP contribution in [0.1, 0.15) is 50.2 Å². The maximum Gasteiger partial charge on any atom is 0.242 e. The Hall–Kier alpha value is -1.42. The van der Waals surface area contributed by atoms with E-state index in [0.717, 1.165) is 46.5 Å². The SMILES string of the molecule is CCCCn1c(SCc2csc(C(C)C)n2)nc2cc(S(=O)(=O)N(C)C)ccc21. The Balaban J connectivity index is 1.93. The molecule has 2 aromatic heterocycles. The van der Waals surface area contributed by atoms with Crippen molar-refractivity contribution in [2.24, 2.45) is 0 Å². The van der Waals surface area contributed by atoms with Crippen molar-refractivity contribution >= 4 is 44.2 Å². The molecule has 0 N–H and O–H groups in total. The highest BCUT2D eigenvalue weighted by molar-refractivity contribution is 7.98. The highest BCUT2D eigenvalue weighted by atomic mass is 32.2. The number of thiazole rings is 1. The number of hydrogen-bond acceptors (Lipinski definition) is 6. The Morgan fingerprint density at radius 3 is 2.62 bits per heavy atom. The molecule has 1 aromatic carbocycles. The van der Waals surface area contributed by atoms with Gasteiger partial charge in [0.1, 0.15) is 0 Å². The molecule has 3 aromatic rings. The number of unbranched alkanes of at least 4 members (excludes halogenated alkanes) is 1. The normalized spacial score (nSPS) is 12.5. The summed E-state index contributed by atoms with van der Waals surface area (Å²) in [6.07, 6.45) is 2.13. The standard InChI is InChI=1S/C20H28N4O2S3/c1-6-7-10-24-18-9-8-16(29(25,26)23(4)5)11-17(18)22-20(24)28-13-15-12-27-19(21-15)14(2)3/h8-9,11-12,14H,6-7,10,13H2,1-5H3. The first-order valence-corrected chi connectivity index (χ1v) is 13.0. The Morgan fingerprint density at radius 2 is 2.00 bits per heavy atom. The van der Waals surface area contributed by atoms with Crippen LogP contribution in [0, 0.1) is 0 Å². The Kier molecular flexibility index (Phi) is 7.03. The van der Waals surface area contributed by atoms with Crippen LogP contribution in [0.3, 0.4) is 0 Å². The van der Waals surface area contributed by atoms with Crippen molar-refractivity contribution in [1.82, 2.24) is 18.8 Å². The average molecular weight is 453 g/mol. The molecule has 0 aliphatic rings. The van der Waals surface area contributed by atoms with Crippen LogP contribution < -0.4 is 0 Å². The summed E-state index contributed by atoms with van der Waals surface area (Å²) in [5.41, 5.74) is 2.75. The molecule has 0 aliphatic heterocycles. The van der Waals surface area contributed by atoms with Crippen LogP contribution in [0.25, 0.3) is 11.0 Å².